The third-order valence-corrected chi connectivity index (χ3v) is 3.51. The highest BCUT2D eigenvalue weighted by Crippen LogP contribution is 2.21. The average molecular weight is 328 g/mol. The van der Waals surface area contributed by atoms with Crippen LogP contribution < -0.4 is 5.11 Å². The molecule has 23 heavy (non-hydrogen) atoms. The topological polar surface area (TPSA) is 40.1 Å². The molecule has 0 fully saturated rings. The number of hydrogen-bond acceptors (Lipinski definition) is 2. The SMILES string of the molecule is C=C(C(=O)[O-])c1ccccc1/C=C/C=C/c1c(F)cccc1Cl. The van der Waals surface area contributed by atoms with E-state index >= 15 is 0 Å². The monoisotopic (exact) mass is 327 g/mol. The largest absolute Gasteiger partial charge is 0.545 e. The maximum Gasteiger partial charge on any atom is 0.131 e. The van der Waals surface area contributed by atoms with Gasteiger partial charge < -0.3 is 9.90 Å². The minimum Gasteiger partial charge on any atom is -0.545 e. The molecule has 0 aliphatic heterocycles. The molecule has 0 saturated heterocycles. The second-order valence-corrected chi connectivity index (χ2v) is 5.11. The van der Waals surface area contributed by atoms with Crippen LogP contribution in [0.3, 0.4) is 0 Å². The minimum atomic E-state index is -1.32. The Morgan fingerprint density at radius 1 is 1.09 bits per heavy atom. The van der Waals surface area contributed by atoms with Gasteiger partial charge in [-0.1, -0.05) is 72.8 Å². The molecule has 0 bridgehead atoms. The molecule has 116 valence electrons. The number of carboxylic acid groups (broad SMARTS) is 1. The number of carbonyl (C=O) groups is 1. The number of carbonyl (C=O) groups excluding carboxylic acids is 1. The Hall–Kier alpha value is -2.65. The van der Waals surface area contributed by atoms with Gasteiger partial charge in [-0.15, -0.1) is 0 Å². The second kappa shape index (κ2) is 7.56. The molecule has 0 radical (unpaired) electrons. The molecular weight excluding hydrogens is 315 g/mol. The molecule has 2 aromatic rings. The first-order chi connectivity index (χ1) is 11.0. The van der Waals surface area contributed by atoms with Gasteiger partial charge in [0.05, 0.1) is 11.0 Å². The molecular formula is C19H13ClFO2-. The van der Waals surface area contributed by atoms with Crippen LogP contribution in [-0.2, 0) is 4.79 Å². The van der Waals surface area contributed by atoms with Crippen molar-refractivity contribution in [3.8, 4) is 0 Å². The third-order valence-electron chi connectivity index (χ3n) is 3.18. The van der Waals surface area contributed by atoms with Crippen LogP contribution in [0.4, 0.5) is 4.39 Å². The van der Waals surface area contributed by atoms with Gasteiger partial charge in [0.15, 0.2) is 0 Å². The van der Waals surface area contributed by atoms with E-state index in [1.165, 1.54) is 12.1 Å². The quantitative estimate of drug-likeness (QED) is 0.616. The zero-order chi connectivity index (χ0) is 16.8. The van der Waals surface area contributed by atoms with E-state index in [-0.39, 0.29) is 5.57 Å². The number of rotatable bonds is 5. The van der Waals surface area contributed by atoms with Crippen LogP contribution in [0.2, 0.25) is 5.02 Å². The normalized spacial score (nSPS) is 11.2. The first-order valence-electron chi connectivity index (χ1n) is 6.79. The molecule has 0 aliphatic carbocycles. The van der Waals surface area contributed by atoms with Crippen LogP contribution in [0.15, 0.2) is 61.2 Å². The Kier molecular flexibility index (Phi) is 5.50. The van der Waals surface area contributed by atoms with Gasteiger partial charge in [0, 0.05) is 5.56 Å². The Labute approximate surface area is 138 Å². The lowest BCUT2D eigenvalue weighted by molar-refractivity contribution is -0.295. The van der Waals surface area contributed by atoms with E-state index in [2.05, 4.69) is 6.58 Å². The summed E-state index contributed by atoms with van der Waals surface area (Å²) < 4.78 is 13.6. The highest BCUT2D eigenvalue weighted by molar-refractivity contribution is 6.32. The van der Waals surface area contributed by atoms with Gasteiger partial charge in [-0.2, -0.15) is 0 Å². The molecule has 0 N–H and O–H groups in total. The lowest BCUT2D eigenvalue weighted by Gasteiger charge is -2.09. The molecule has 2 rings (SSSR count). The number of carboxylic acids is 1. The maximum absolute atomic E-state index is 13.6. The summed E-state index contributed by atoms with van der Waals surface area (Å²) in [6.45, 7) is 3.50. The molecule has 0 heterocycles. The lowest BCUT2D eigenvalue weighted by Crippen LogP contribution is -2.23. The fraction of sp³-hybridized carbons (Fsp3) is 0. The van der Waals surface area contributed by atoms with Crippen LogP contribution in [-0.4, -0.2) is 5.97 Å². The molecule has 0 atom stereocenters. The highest BCUT2D eigenvalue weighted by atomic mass is 35.5. The molecule has 0 saturated carbocycles. The van der Waals surface area contributed by atoms with E-state index in [4.69, 9.17) is 11.6 Å². The molecule has 0 amide bonds. The van der Waals surface area contributed by atoms with Crippen LogP contribution in [0.1, 0.15) is 16.7 Å². The van der Waals surface area contributed by atoms with Crippen LogP contribution in [0, 0.1) is 5.82 Å². The third kappa shape index (κ3) is 4.18. The van der Waals surface area contributed by atoms with Crippen molar-refractivity contribution < 1.29 is 14.3 Å². The van der Waals surface area contributed by atoms with Gasteiger partial charge in [-0.3, -0.25) is 0 Å². The second-order valence-electron chi connectivity index (χ2n) is 4.71. The standard InChI is InChI=1S/C19H14ClFO2/c1-13(19(22)23)15-9-4-2-7-14(15)8-3-5-10-16-17(20)11-6-12-18(16)21/h2-12H,1H2,(H,22,23)/p-1/b8-3+,10-5+. The molecule has 0 aromatic heterocycles. The summed E-state index contributed by atoms with van der Waals surface area (Å²) in [6.07, 6.45) is 6.55. The van der Waals surface area contributed by atoms with Crippen LogP contribution in [0.25, 0.3) is 17.7 Å². The predicted molar refractivity (Wildman–Crippen MR) is 90.0 cm³/mol. The molecule has 0 spiro atoms. The molecule has 0 aliphatic rings. The molecule has 0 unspecified atom stereocenters. The summed E-state index contributed by atoms with van der Waals surface area (Å²) in [7, 11) is 0. The number of halogens is 2. The summed E-state index contributed by atoms with van der Waals surface area (Å²) in [5, 5.41) is 11.3. The van der Waals surface area contributed by atoms with Gasteiger partial charge in [0.1, 0.15) is 5.82 Å². The Morgan fingerprint density at radius 3 is 2.48 bits per heavy atom. The van der Waals surface area contributed by atoms with Crippen molar-refractivity contribution in [1.29, 1.82) is 0 Å². The fourth-order valence-electron chi connectivity index (χ4n) is 2.01. The Balaban J connectivity index is 2.23. The number of hydrogen-bond donors (Lipinski definition) is 0. The van der Waals surface area contributed by atoms with Gasteiger partial charge in [0.2, 0.25) is 0 Å². The molecule has 4 heteroatoms. The minimum absolute atomic E-state index is 0.0913. The van der Waals surface area contributed by atoms with E-state index < -0.39 is 11.8 Å². The van der Waals surface area contributed by atoms with E-state index in [9.17, 15) is 14.3 Å². The first kappa shape index (κ1) is 16.7. The van der Waals surface area contributed by atoms with Crippen molar-refractivity contribution in [2.75, 3.05) is 0 Å². The summed E-state index contributed by atoms with van der Waals surface area (Å²) in [5.74, 6) is -1.73. The van der Waals surface area contributed by atoms with Crippen molar-refractivity contribution in [2.24, 2.45) is 0 Å². The van der Waals surface area contributed by atoms with Gasteiger partial charge >= 0.3 is 0 Å². The zero-order valence-electron chi connectivity index (χ0n) is 12.1. The lowest BCUT2D eigenvalue weighted by atomic mass is 10.0. The average Bonchev–Trinajstić information content (AvgIpc) is 2.53. The van der Waals surface area contributed by atoms with E-state index in [1.807, 2.05) is 0 Å². The first-order valence-corrected chi connectivity index (χ1v) is 7.17. The van der Waals surface area contributed by atoms with Gasteiger partial charge in [-0.05, 0) is 28.8 Å². The van der Waals surface area contributed by atoms with Crippen molar-refractivity contribution in [3.05, 3.63) is 88.7 Å². The molecule has 2 aromatic carbocycles. The smallest absolute Gasteiger partial charge is 0.131 e. The summed E-state index contributed by atoms with van der Waals surface area (Å²) >= 11 is 5.93. The summed E-state index contributed by atoms with van der Waals surface area (Å²) in [4.78, 5) is 10.9. The predicted octanol–water partition coefficient (Wildman–Crippen LogP) is 3.97. The fourth-order valence-corrected chi connectivity index (χ4v) is 2.23. The highest BCUT2D eigenvalue weighted by Gasteiger charge is 2.04. The Morgan fingerprint density at radius 2 is 1.78 bits per heavy atom. The zero-order valence-corrected chi connectivity index (χ0v) is 12.9. The number of benzene rings is 2. The maximum atomic E-state index is 13.6. The van der Waals surface area contributed by atoms with Crippen LogP contribution >= 0.6 is 11.6 Å². The van der Waals surface area contributed by atoms with Crippen molar-refractivity contribution in [1.82, 2.24) is 0 Å². The van der Waals surface area contributed by atoms with Gasteiger partial charge in [-0.25, -0.2) is 4.39 Å². The van der Waals surface area contributed by atoms with E-state index in [1.54, 1.807) is 54.6 Å². The van der Waals surface area contributed by atoms with Crippen molar-refractivity contribution in [3.63, 3.8) is 0 Å². The molecule has 2 nitrogen and oxygen atoms in total. The van der Waals surface area contributed by atoms with Crippen LogP contribution in [0.5, 0.6) is 0 Å². The van der Waals surface area contributed by atoms with Crippen molar-refractivity contribution >= 4 is 35.3 Å². The van der Waals surface area contributed by atoms with E-state index in [0.717, 1.165) is 0 Å². The Bertz CT molecular complexity index is 787. The van der Waals surface area contributed by atoms with Gasteiger partial charge in [0.25, 0.3) is 0 Å². The summed E-state index contributed by atoms with van der Waals surface area (Å²) in [6, 6.07) is 11.4. The number of allylic oxidation sites excluding steroid dienone is 2. The summed E-state index contributed by atoms with van der Waals surface area (Å²) in [5.41, 5.74) is 1.35. The number of aliphatic carboxylic acids is 1. The van der Waals surface area contributed by atoms with E-state index in [0.29, 0.717) is 21.7 Å². The van der Waals surface area contributed by atoms with Crippen molar-refractivity contribution in [2.45, 2.75) is 0 Å².